The third-order valence-electron chi connectivity index (χ3n) is 5.24. The van der Waals surface area contributed by atoms with E-state index in [0.717, 1.165) is 0 Å². The Bertz CT molecular complexity index is 1120. The fourth-order valence-electron chi connectivity index (χ4n) is 3.51. The third kappa shape index (κ3) is 5.48. The molecule has 0 aromatic heterocycles. The van der Waals surface area contributed by atoms with Gasteiger partial charge in [-0.2, -0.15) is 0 Å². The molecule has 0 amide bonds. The lowest BCUT2D eigenvalue weighted by Crippen LogP contribution is -2.44. The molecule has 1 heterocycles. The van der Waals surface area contributed by atoms with Crippen LogP contribution in [0.5, 0.6) is 0 Å². The Labute approximate surface area is 196 Å². The molecule has 3 aromatic rings. The van der Waals surface area contributed by atoms with Gasteiger partial charge in [0.2, 0.25) is 0 Å². The van der Waals surface area contributed by atoms with Gasteiger partial charge in [-0.3, -0.25) is 0 Å². The SMILES string of the molecule is N[C@@H]1O[C@H](COC(=O)c2ccccc2)C(OC(=O)c2ccccc2)C1OC(=O)c1ccccc1. The number of hydrogen-bond donors (Lipinski definition) is 1. The molecule has 174 valence electrons. The number of carbonyl (C=O) groups is 3. The van der Waals surface area contributed by atoms with Crippen LogP contribution in [0, 0.1) is 0 Å². The molecule has 0 spiro atoms. The van der Waals surface area contributed by atoms with E-state index in [1.54, 1.807) is 91.0 Å². The molecule has 2 unspecified atom stereocenters. The first-order chi connectivity index (χ1) is 16.5. The van der Waals surface area contributed by atoms with Gasteiger partial charge in [0.15, 0.2) is 12.2 Å². The highest BCUT2D eigenvalue weighted by atomic mass is 16.7. The summed E-state index contributed by atoms with van der Waals surface area (Å²) in [4.78, 5) is 37.8. The molecule has 1 aliphatic rings. The average Bonchev–Trinajstić information content (AvgIpc) is 3.17. The van der Waals surface area contributed by atoms with Gasteiger partial charge >= 0.3 is 17.9 Å². The van der Waals surface area contributed by atoms with E-state index in [4.69, 9.17) is 24.7 Å². The minimum absolute atomic E-state index is 0.256. The molecule has 4 rings (SSSR count). The van der Waals surface area contributed by atoms with Crippen LogP contribution in [0.1, 0.15) is 31.1 Å². The molecule has 8 heteroatoms. The van der Waals surface area contributed by atoms with Gasteiger partial charge in [-0.25, -0.2) is 14.4 Å². The van der Waals surface area contributed by atoms with E-state index >= 15 is 0 Å². The van der Waals surface area contributed by atoms with Crippen LogP contribution >= 0.6 is 0 Å². The molecular weight excluding hydrogens is 438 g/mol. The maximum absolute atomic E-state index is 12.7. The average molecular weight is 461 g/mol. The van der Waals surface area contributed by atoms with Gasteiger partial charge in [0.05, 0.1) is 16.7 Å². The van der Waals surface area contributed by atoms with Crippen LogP contribution in [-0.4, -0.2) is 49.1 Å². The molecule has 0 saturated carbocycles. The maximum atomic E-state index is 12.7. The largest absolute Gasteiger partial charge is 0.459 e. The predicted octanol–water partition coefficient (Wildman–Crippen LogP) is 2.98. The molecule has 34 heavy (non-hydrogen) atoms. The summed E-state index contributed by atoms with van der Waals surface area (Å²) in [5.41, 5.74) is 7.05. The molecule has 0 bridgehead atoms. The van der Waals surface area contributed by atoms with Crippen molar-refractivity contribution in [2.24, 2.45) is 5.73 Å². The monoisotopic (exact) mass is 461 g/mol. The molecule has 0 radical (unpaired) electrons. The lowest BCUT2D eigenvalue weighted by molar-refractivity contribution is -0.0446. The quantitative estimate of drug-likeness (QED) is 0.422. The molecule has 4 atom stereocenters. The Hall–Kier alpha value is -4.01. The molecule has 0 aliphatic carbocycles. The number of benzene rings is 3. The highest BCUT2D eigenvalue weighted by Crippen LogP contribution is 2.27. The number of ether oxygens (including phenoxy) is 4. The van der Waals surface area contributed by atoms with Crippen molar-refractivity contribution in [3.63, 3.8) is 0 Å². The Balaban J connectivity index is 1.51. The summed E-state index contributed by atoms with van der Waals surface area (Å²) in [6.07, 6.45) is -4.25. The maximum Gasteiger partial charge on any atom is 0.338 e. The highest BCUT2D eigenvalue weighted by molar-refractivity contribution is 5.91. The van der Waals surface area contributed by atoms with E-state index in [0.29, 0.717) is 16.7 Å². The van der Waals surface area contributed by atoms with Crippen LogP contribution in [-0.2, 0) is 18.9 Å². The highest BCUT2D eigenvalue weighted by Gasteiger charge is 2.49. The van der Waals surface area contributed by atoms with Gasteiger partial charge in [0.1, 0.15) is 18.9 Å². The minimum Gasteiger partial charge on any atom is -0.459 e. The van der Waals surface area contributed by atoms with Crippen molar-refractivity contribution in [2.45, 2.75) is 24.5 Å². The second kappa shape index (κ2) is 10.7. The molecule has 2 N–H and O–H groups in total. The van der Waals surface area contributed by atoms with Crippen molar-refractivity contribution in [1.29, 1.82) is 0 Å². The van der Waals surface area contributed by atoms with Crippen molar-refractivity contribution in [1.82, 2.24) is 0 Å². The first kappa shape index (κ1) is 23.2. The van der Waals surface area contributed by atoms with Gasteiger partial charge in [0, 0.05) is 0 Å². The standard InChI is InChI=1S/C26H23NO7/c27-23-22(34-26(30)19-14-8-3-9-15-19)21(33-25(29)18-12-6-2-7-13-18)20(32-23)16-31-24(28)17-10-4-1-5-11-17/h1-15,20-23H,16,27H2/t20-,21?,22?,23-/m1/s1. The van der Waals surface area contributed by atoms with E-state index in [2.05, 4.69) is 0 Å². The summed E-state index contributed by atoms with van der Waals surface area (Å²) >= 11 is 0. The number of nitrogens with two attached hydrogens (primary N) is 1. The summed E-state index contributed by atoms with van der Waals surface area (Å²) in [6, 6.07) is 25.1. The van der Waals surface area contributed by atoms with E-state index in [1.807, 2.05) is 0 Å². The molecule has 3 aromatic carbocycles. The summed E-state index contributed by atoms with van der Waals surface area (Å²) in [5, 5.41) is 0. The Morgan fingerprint density at radius 1 is 0.647 bits per heavy atom. The van der Waals surface area contributed by atoms with Gasteiger partial charge in [-0.05, 0) is 36.4 Å². The van der Waals surface area contributed by atoms with Crippen LogP contribution in [0.15, 0.2) is 91.0 Å². The minimum atomic E-state index is -1.11. The molecule has 1 aliphatic heterocycles. The van der Waals surface area contributed by atoms with Crippen LogP contribution in [0.25, 0.3) is 0 Å². The molecule has 8 nitrogen and oxygen atoms in total. The zero-order valence-electron chi connectivity index (χ0n) is 18.1. The fraction of sp³-hybridized carbons (Fsp3) is 0.192. The summed E-state index contributed by atoms with van der Waals surface area (Å²) < 4.78 is 22.3. The van der Waals surface area contributed by atoms with Crippen molar-refractivity contribution >= 4 is 17.9 Å². The Morgan fingerprint density at radius 3 is 1.53 bits per heavy atom. The van der Waals surface area contributed by atoms with Gasteiger partial charge in [-0.15, -0.1) is 0 Å². The number of esters is 3. The van der Waals surface area contributed by atoms with Gasteiger partial charge in [0.25, 0.3) is 0 Å². The van der Waals surface area contributed by atoms with E-state index in [-0.39, 0.29) is 6.61 Å². The second-order valence-corrected chi connectivity index (χ2v) is 7.58. The summed E-state index contributed by atoms with van der Waals surface area (Å²) in [5.74, 6) is -1.87. The van der Waals surface area contributed by atoms with Crippen molar-refractivity contribution < 1.29 is 33.3 Å². The van der Waals surface area contributed by atoms with Gasteiger partial charge < -0.3 is 24.7 Å². The van der Waals surface area contributed by atoms with Crippen molar-refractivity contribution in [3.8, 4) is 0 Å². The first-order valence-corrected chi connectivity index (χ1v) is 10.7. The van der Waals surface area contributed by atoms with Crippen molar-refractivity contribution in [2.75, 3.05) is 6.61 Å². The lowest BCUT2D eigenvalue weighted by Gasteiger charge is -2.23. The lowest BCUT2D eigenvalue weighted by atomic mass is 10.1. The number of rotatable bonds is 7. The van der Waals surface area contributed by atoms with Crippen molar-refractivity contribution in [3.05, 3.63) is 108 Å². The third-order valence-corrected chi connectivity index (χ3v) is 5.24. The van der Waals surface area contributed by atoms with Crippen LogP contribution in [0.4, 0.5) is 0 Å². The zero-order valence-corrected chi connectivity index (χ0v) is 18.1. The second-order valence-electron chi connectivity index (χ2n) is 7.58. The topological polar surface area (TPSA) is 114 Å². The van der Waals surface area contributed by atoms with E-state index < -0.39 is 42.4 Å². The van der Waals surface area contributed by atoms with Crippen LogP contribution in [0.3, 0.4) is 0 Å². The smallest absolute Gasteiger partial charge is 0.338 e. The predicted molar refractivity (Wildman–Crippen MR) is 121 cm³/mol. The van der Waals surface area contributed by atoms with E-state index in [9.17, 15) is 14.4 Å². The van der Waals surface area contributed by atoms with Crippen LogP contribution in [0.2, 0.25) is 0 Å². The van der Waals surface area contributed by atoms with Gasteiger partial charge in [-0.1, -0.05) is 54.6 Å². The Morgan fingerprint density at radius 2 is 1.06 bits per heavy atom. The Kier molecular flexibility index (Phi) is 7.31. The van der Waals surface area contributed by atoms with E-state index in [1.165, 1.54) is 0 Å². The molecular formula is C26H23NO7. The molecule has 1 fully saturated rings. The zero-order chi connectivity index (χ0) is 23.9. The first-order valence-electron chi connectivity index (χ1n) is 10.7. The summed E-state index contributed by atoms with van der Waals surface area (Å²) in [7, 11) is 0. The fourth-order valence-corrected chi connectivity index (χ4v) is 3.51. The normalized spacial score (nSPS) is 21.4. The number of carbonyl (C=O) groups excluding carboxylic acids is 3. The summed E-state index contributed by atoms with van der Waals surface area (Å²) in [6.45, 7) is -0.256. The molecule has 1 saturated heterocycles. The number of hydrogen-bond acceptors (Lipinski definition) is 8. The van der Waals surface area contributed by atoms with Crippen LogP contribution < -0.4 is 5.73 Å².